The summed E-state index contributed by atoms with van der Waals surface area (Å²) >= 11 is 0. The van der Waals surface area contributed by atoms with E-state index in [9.17, 15) is 4.79 Å². The van der Waals surface area contributed by atoms with E-state index in [1.165, 1.54) is 6.42 Å². The van der Waals surface area contributed by atoms with Crippen molar-refractivity contribution in [1.82, 2.24) is 4.90 Å². The first-order valence-corrected chi connectivity index (χ1v) is 5.08. The molecule has 1 aliphatic rings. The van der Waals surface area contributed by atoms with Gasteiger partial charge in [-0.2, -0.15) is 0 Å². The molecule has 1 saturated heterocycles. The summed E-state index contributed by atoms with van der Waals surface area (Å²) in [5, 5.41) is 0. The highest BCUT2D eigenvalue weighted by atomic mass is 16.2. The highest BCUT2D eigenvalue weighted by molar-refractivity contribution is 5.79. The number of nitrogens with zero attached hydrogens (tertiary/aromatic N) is 1. The zero-order valence-corrected chi connectivity index (χ0v) is 8.18. The van der Waals surface area contributed by atoms with Crippen molar-refractivity contribution in [3.8, 4) is 0 Å². The Morgan fingerprint density at radius 2 is 2.08 bits per heavy atom. The topological polar surface area (TPSA) is 20.3 Å². The minimum atomic E-state index is 0.301. The lowest BCUT2D eigenvalue weighted by Crippen LogP contribution is -2.45. The van der Waals surface area contributed by atoms with Gasteiger partial charge in [0.1, 0.15) is 0 Å². The zero-order chi connectivity index (χ0) is 8.97. The molecule has 0 N–H and O–H groups in total. The summed E-state index contributed by atoms with van der Waals surface area (Å²) in [6.45, 7) is 6.25. The van der Waals surface area contributed by atoms with Crippen LogP contribution in [0.5, 0.6) is 0 Å². The van der Waals surface area contributed by atoms with Gasteiger partial charge in [0.25, 0.3) is 0 Å². The van der Waals surface area contributed by atoms with E-state index >= 15 is 0 Å². The SMILES string of the molecule is CCCC(CC)C(=O)N1CCC1. The van der Waals surface area contributed by atoms with Crippen molar-refractivity contribution in [2.24, 2.45) is 5.92 Å². The maximum atomic E-state index is 11.7. The van der Waals surface area contributed by atoms with E-state index in [0.29, 0.717) is 11.8 Å². The lowest BCUT2D eigenvalue weighted by Gasteiger charge is -2.33. The van der Waals surface area contributed by atoms with E-state index in [2.05, 4.69) is 13.8 Å². The molecule has 1 aliphatic heterocycles. The van der Waals surface area contributed by atoms with E-state index in [-0.39, 0.29) is 0 Å². The Morgan fingerprint density at radius 3 is 2.42 bits per heavy atom. The Kier molecular flexibility index (Phi) is 3.57. The van der Waals surface area contributed by atoms with Gasteiger partial charge in [-0.3, -0.25) is 4.79 Å². The molecule has 1 heterocycles. The van der Waals surface area contributed by atoms with Gasteiger partial charge in [0.05, 0.1) is 0 Å². The first kappa shape index (κ1) is 9.56. The van der Waals surface area contributed by atoms with Crippen molar-refractivity contribution in [1.29, 1.82) is 0 Å². The lowest BCUT2D eigenvalue weighted by atomic mass is 9.97. The maximum absolute atomic E-state index is 11.7. The van der Waals surface area contributed by atoms with Crippen LogP contribution in [0.3, 0.4) is 0 Å². The molecule has 0 bridgehead atoms. The van der Waals surface area contributed by atoms with Crippen LogP contribution in [0.15, 0.2) is 0 Å². The molecule has 0 aliphatic carbocycles. The molecule has 0 aromatic rings. The maximum Gasteiger partial charge on any atom is 0.225 e. The van der Waals surface area contributed by atoms with Crippen LogP contribution >= 0.6 is 0 Å². The molecular weight excluding hydrogens is 150 g/mol. The molecule has 1 atom stereocenters. The van der Waals surface area contributed by atoms with E-state index in [4.69, 9.17) is 0 Å². The van der Waals surface area contributed by atoms with Gasteiger partial charge < -0.3 is 4.90 Å². The average molecular weight is 169 g/mol. The fourth-order valence-electron chi connectivity index (χ4n) is 1.65. The molecule has 0 radical (unpaired) electrons. The largest absolute Gasteiger partial charge is 0.342 e. The number of likely N-dealkylation sites (tertiary alicyclic amines) is 1. The van der Waals surface area contributed by atoms with Gasteiger partial charge in [-0.25, -0.2) is 0 Å². The second kappa shape index (κ2) is 4.48. The molecule has 0 saturated carbocycles. The molecule has 0 aromatic carbocycles. The van der Waals surface area contributed by atoms with Gasteiger partial charge >= 0.3 is 0 Å². The van der Waals surface area contributed by atoms with Crippen molar-refractivity contribution >= 4 is 5.91 Å². The fourth-order valence-corrected chi connectivity index (χ4v) is 1.65. The average Bonchev–Trinajstić information content (AvgIpc) is 1.96. The van der Waals surface area contributed by atoms with Gasteiger partial charge in [0.15, 0.2) is 0 Å². The summed E-state index contributed by atoms with van der Waals surface area (Å²) in [7, 11) is 0. The molecule has 1 rings (SSSR count). The van der Waals surface area contributed by atoms with Crippen LogP contribution in [-0.4, -0.2) is 23.9 Å². The van der Waals surface area contributed by atoms with Crippen LogP contribution in [-0.2, 0) is 4.79 Å². The first-order valence-electron chi connectivity index (χ1n) is 5.08. The number of carbonyl (C=O) groups excluding carboxylic acids is 1. The Hall–Kier alpha value is -0.530. The first-order chi connectivity index (χ1) is 5.79. The number of amides is 1. The molecule has 1 amide bonds. The quantitative estimate of drug-likeness (QED) is 0.630. The molecule has 0 aromatic heterocycles. The second-order valence-corrected chi connectivity index (χ2v) is 3.57. The summed E-state index contributed by atoms with van der Waals surface area (Å²) in [6.07, 6.45) is 4.39. The molecule has 12 heavy (non-hydrogen) atoms. The third kappa shape index (κ3) is 1.99. The van der Waals surface area contributed by atoms with Gasteiger partial charge in [-0.1, -0.05) is 20.3 Å². The third-order valence-electron chi connectivity index (χ3n) is 2.65. The Labute approximate surface area is 74.9 Å². The van der Waals surface area contributed by atoms with Crippen LogP contribution in [0.2, 0.25) is 0 Å². The third-order valence-corrected chi connectivity index (χ3v) is 2.65. The number of rotatable bonds is 4. The summed E-state index contributed by atoms with van der Waals surface area (Å²) in [5.74, 6) is 0.695. The Bertz CT molecular complexity index is 152. The van der Waals surface area contributed by atoms with Crippen LogP contribution < -0.4 is 0 Å². The van der Waals surface area contributed by atoms with Crippen LogP contribution in [0.25, 0.3) is 0 Å². The van der Waals surface area contributed by atoms with Gasteiger partial charge in [0, 0.05) is 19.0 Å². The highest BCUT2D eigenvalue weighted by Crippen LogP contribution is 2.18. The summed E-state index contributed by atoms with van der Waals surface area (Å²) in [5.41, 5.74) is 0. The molecule has 1 fully saturated rings. The van der Waals surface area contributed by atoms with Gasteiger partial charge in [0.2, 0.25) is 5.91 Å². The highest BCUT2D eigenvalue weighted by Gasteiger charge is 2.25. The summed E-state index contributed by atoms with van der Waals surface area (Å²) in [4.78, 5) is 13.7. The number of hydrogen-bond acceptors (Lipinski definition) is 1. The van der Waals surface area contributed by atoms with E-state index < -0.39 is 0 Å². The van der Waals surface area contributed by atoms with E-state index in [0.717, 1.165) is 32.4 Å². The van der Waals surface area contributed by atoms with Crippen molar-refractivity contribution in [2.75, 3.05) is 13.1 Å². The predicted octanol–water partition coefficient (Wildman–Crippen LogP) is 2.04. The Morgan fingerprint density at radius 1 is 1.42 bits per heavy atom. The molecule has 1 unspecified atom stereocenters. The van der Waals surface area contributed by atoms with E-state index in [1.54, 1.807) is 0 Å². The van der Waals surface area contributed by atoms with Gasteiger partial charge in [-0.05, 0) is 19.3 Å². The Balaban J connectivity index is 2.35. The van der Waals surface area contributed by atoms with Crippen molar-refractivity contribution in [3.63, 3.8) is 0 Å². The number of hydrogen-bond donors (Lipinski definition) is 0. The zero-order valence-electron chi connectivity index (χ0n) is 8.18. The summed E-state index contributed by atoms with van der Waals surface area (Å²) < 4.78 is 0. The second-order valence-electron chi connectivity index (χ2n) is 3.57. The minimum absolute atomic E-state index is 0.301. The number of carbonyl (C=O) groups is 1. The monoisotopic (exact) mass is 169 g/mol. The standard InChI is InChI=1S/C10H19NO/c1-3-6-9(4-2)10(12)11-7-5-8-11/h9H,3-8H2,1-2H3. The van der Waals surface area contributed by atoms with Crippen molar-refractivity contribution in [3.05, 3.63) is 0 Å². The molecule has 70 valence electrons. The minimum Gasteiger partial charge on any atom is -0.342 e. The molecule has 2 heteroatoms. The molecule has 0 spiro atoms. The predicted molar refractivity (Wildman–Crippen MR) is 49.9 cm³/mol. The molecule has 2 nitrogen and oxygen atoms in total. The smallest absolute Gasteiger partial charge is 0.225 e. The van der Waals surface area contributed by atoms with Crippen molar-refractivity contribution < 1.29 is 4.79 Å². The normalized spacial score (nSPS) is 18.7. The fraction of sp³-hybridized carbons (Fsp3) is 0.900. The van der Waals surface area contributed by atoms with Crippen molar-refractivity contribution in [2.45, 2.75) is 39.5 Å². The van der Waals surface area contributed by atoms with Crippen LogP contribution in [0.1, 0.15) is 39.5 Å². The molecular formula is C10H19NO. The van der Waals surface area contributed by atoms with E-state index in [1.807, 2.05) is 4.90 Å². The van der Waals surface area contributed by atoms with Crippen LogP contribution in [0.4, 0.5) is 0 Å². The summed E-state index contributed by atoms with van der Waals surface area (Å²) in [6, 6.07) is 0. The van der Waals surface area contributed by atoms with Crippen LogP contribution in [0, 0.1) is 5.92 Å². The lowest BCUT2D eigenvalue weighted by molar-refractivity contribution is -0.139. The van der Waals surface area contributed by atoms with Gasteiger partial charge in [-0.15, -0.1) is 0 Å².